The molecule has 0 radical (unpaired) electrons. The van der Waals surface area contributed by atoms with Crippen LogP contribution in [-0.2, 0) is 11.3 Å². The number of rotatable bonds is 5. The van der Waals surface area contributed by atoms with Crippen molar-refractivity contribution in [3.63, 3.8) is 0 Å². The predicted molar refractivity (Wildman–Crippen MR) is 107 cm³/mol. The third kappa shape index (κ3) is 4.11. The minimum atomic E-state index is -0.0226. The Morgan fingerprint density at radius 1 is 1.31 bits per heavy atom. The Morgan fingerprint density at radius 2 is 2.08 bits per heavy atom. The van der Waals surface area contributed by atoms with Gasteiger partial charge in [-0.3, -0.25) is 14.2 Å². The molecule has 0 N–H and O–H groups in total. The number of hydrogen-bond donors (Lipinski definition) is 0. The number of likely N-dealkylation sites (tertiary alicyclic amines) is 1. The molecule has 1 fully saturated rings. The normalized spacial score (nSPS) is 17.8. The Kier molecular flexibility index (Phi) is 6.01. The lowest BCUT2D eigenvalue weighted by atomic mass is 10.0. The summed E-state index contributed by atoms with van der Waals surface area (Å²) in [6.45, 7) is 7.72. The summed E-state index contributed by atoms with van der Waals surface area (Å²) in [4.78, 5) is 32.2. The third-order valence-corrected chi connectivity index (χ3v) is 5.78. The van der Waals surface area contributed by atoms with Crippen LogP contribution in [0, 0.1) is 5.92 Å². The zero-order valence-corrected chi connectivity index (χ0v) is 16.6. The van der Waals surface area contributed by atoms with Crippen LogP contribution in [0.15, 0.2) is 34.2 Å². The van der Waals surface area contributed by atoms with Crippen molar-refractivity contribution in [3.05, 3.63) is 34.6 Å². The van der Waals surface area contributed by atoms with Crippen molar-refractivity contribution in [2.75, 3.05) is 12.3 Å². The van der Waals surface area contributed by atoms with Crippen molar-refractivity contribution in [2.24, 2.45) is 5.92 Å². The number of hydrogen-bond acceptors (Lipinski definition) is 4. The maximum Gasteiger partial charge on any atom is 0.262 e. The van der Waals surface area contributed by atoms with Crippen LogP contribution in [0.4, 0.5) is 0 Å². The number of aromatic nitrogens is 2. The molecule has 0 aliphatic carbocycles. The SMILES string of the molecule is CC(C)Cn1c(SCC(=O)N2CCCC[C@H]2C)nc2ccccc2c1=O. The van der Waals surface area contributed by atoms with Crippen molar-refractivity contribution in [2.45, 2.75) is 57.8 Å². The fraction of sp³-hybridized carbons (Fsp3) is 0.550. The van der Waals surface area contributed by atoms with E-state index in [2.05, 4.69) is 25.8 Å². The number of thioether (sulfide) groups is 1. The molecule has 3 rings (SSSR count). The number of carbonyl (C=O) groups excluding carboxylic acids is 1. The molecule has 1 amide bonds. The van der Waals surface area contributed by atoms with Gasteiger partial charge < -0.3 is 4.90 Å². The van der Waals surface area contributed by atoms with E-state index in [0.29, 0.717) is 40.3 Å². The van der Waals surface area contributed by atoms with Crippen LogP contribution in [0.5, 0.6) is 0 Å². The number of carbonyl (C=O) groups is 1. The average molecular weight is 374 g/mol. The Balaban J connectivity index is 1.86. The second-order valence-corrected chi connectivity index (χ2v) is 8.38. The third-order valence-electron chi connectivity index (χ3n) is 4.82. The van der Waals surface area contributed by atoms with Gasteiger partial charge in [0.1, 0.15) is 0 Å². The van der Waals surface area contributed by atoms with E-state index in [1.165, 1.54) is 18.2 Å². The van der Waals surface area contributed by atoms with Crippen LogP contribution in [0.3, 0.4) is 0 Å². The lowest BCUT2D eigenvalue weighted by Crippen LogP contribution is -2.43. The van der Waals surface area contributed by atoms with Crippen molar-refractivity contribution in [3.8, 4) is 0 Å². The van der Waals surface area contributed by atoms with Crippen LogP contribution in [-0.4, -0.2) is 38.7 Å². The van der Waals surface area contributed by atoms with E-state index >= 15 is 0 Å². The summed E-state index contributed by atoms with van der Waals surface area (Å²) in [5.41, 5.74) is 0.671. The monoisotopic (exact) mass is 373 g/mol. The van der Waals surface area contributed by atoms with Gasteiger partial charge in [-0.25, -0.2) is 4.98 Å². The van der Waals surface area contributed by atoms with Gasteiger partial charge in [-0.1, -0.05) is 37.7 Å². The molecule has 140 valence electrons. The topological polar surface area (TPSA) is 55.2 Å². The van der Waals surface area contributed by atoms with E-state index in [1.807, 2.05) is 29.2 Å². The van der Waals surface area contributed by atoms with Gasteiger partial charge in [0.15, 0.2) is 5.16 Å². The Labute approximate surface area is 158 Å². The number of benzene rings is 1. The summed E-state index contributed by atoms with van der Waals surface area (Å²) < 4.78 is 1.73. The Hall–Kier alpha value is -1.82. The zero-order chi connectivity index (χ0) is 18.7. The summed E-state index contributed by atoms with van der Waals surface area (Å²) in [6, 6.07) is 7.72. The quantitative estimate of drug-likeness (QED) is 0.594. The molecular weight excluding hydrogens is 346 g/mol. The minimum absolute atomic E-state index is 0.0226. The molecule has 0 saturated carbocycles. The van der Waals surface area contributed by atoms with E-state index in [1.54, 1.807) is 4.57 Å². The maximum absolute atomic E-state index is 12.9. The number of amides is 1. The van der Waals surface area contributed by atoms with Crippen molar-refractivity contribution in [1.82, 2.24) is 14.5 Å². The fourth-order valence-electron chi connectivity index (χ4n) is 3.46. The zero-order valence-electron chi connectivity index (χ0n) is 15.8. The summed E-state index contributed by atoms with van der Waals surface area (Å²) in [6.07, 6.45) is 3.34. The van der Waals surface area contributed by atoms with Gasteiger partial charge in [0.2, 0.25) is 5.91 Å². The van der Waals surface area contributed by atoms with Gasteiger partial charge in [0.25, 0.3) is 5.56 Å². The predicted octanol–water partition coefficient (Wildman–Crippen LogP) is 3.55. The van der Waals surface area contributed by atoms with Gasteiger partial charge in [-0.15, -0.1) is 0 Å². The molecule has 1 saturated heterocycles. The van der Waals surface area contributed by atoms with Crippen molar-refractivity contribution >= 4 is 28.6 Å². The van der Waals surface area contributed by atoms with Crippen molar-refractivity contribution in [1.29, 1.82) is 0 Å². The molecule has 1 atom stereocenters. The van der Waals surface area contributed by atoms with Crippen LogP contribution < -0.4 is 5.56 Å². The second kappa shape index (κ2) is 8.25. The smallest absolute Gasteiger partial charge is 0.262 e. The highest BCUT2D eigenvalue weighted by molar-refractivity contribution is 7.99. The summed E-state index contributed by atoms with van der Waals surface area (Å²) in [5.74, 6) is 0.793. The van der Waals surface area contributed by atoms with E-state index in [0.717, 1.165) is 19.4 Å². The van der Waals surface area contributed by atoms with E-state index in [-0.39, 0.29) is 11.5 Å². The molecule has 5 nitrogen and oxygen atoms in total. The Morgan fingerprint density at radius 3 is 2.81 bits per heavy atom. The first-order chi connectivity index (χ1) is 12.5. The molecule has 2 heterocycles. The standard InChI is InChI=1S/C20H27N3O2S/c1-14(2)12-23-19(25)16-9-4-5-10-17(16)21-20(23)26-13-18(24)22-11-7-6-8-15(22)3/h4-5,9-10,14-15H,6-8,11-13H2,1-3H3/t15-/m1/s1. The molecule has 1 aromatic heterocycles. The van der Waals surface area contributed by atoms with Crippen molar-refractivity contribution < 1.29 is 4.79 Å². The Bertz CT molecular complexity index is 847. The number of piperidine rings is 1. The first-order valence-electron chi connectivity index (χ1n) is 9.39. The summed E-state index contributed by atoms with van der Waals surface area (Å²) >= 11 is 1.38. The number of para-hydroxylation sites is 1. The molecular formula is C20H27N3O2S. The lowest BCUT2D eigenvalue weighted by molar-refractivity contribution is -0.131. The highest BCUT2D eigenvalue weighted by Crippen LogP contribution is 2.22. The van der Waals surface area contributed by atoms with Gasteiger partial charge in [-0.2, -0.15) is 0 Å². The lowest BCUT2D eigenvalue weighted by Gasteiger charge is -2.33. The fourth-order valence-corrected chi connectivity index (χ4v) is 4.36. The largest absolute Gasteiger partial charge is 0.339 e. The molecule has 0 spiro atoms. The molecule has 1 aliphatic rings. The van der Waals surface area contributed by atoms with Gasteiger partial charge in [-0.05, 0) is 44.2 Å². The molecule has 2 aromatic rings. The van der Waals surface area contributed by atoms with E-state index in [4.69, 9.17) is 0 Å². The first kappa shape index (κ1) is 19.0. The average Bonchev–Trinajstić information content (AvgIpc) is 2.62. The van der Waals surface area contributed by atoms with Gasteiger partial charge in [0, 0.05) is 19.1 Å². The van der Waals surface area contributed by atoms with Crippen LogP contribution in [0.1, 0.15) is 40.0 Å². The minimum Gasteiger partial charge on any atom is -0.339 e. The molecule has 0 unspecified atom stereocenters. The second-order valence-electron chi connectivity index (χ2n) is 7.44. The van der Waals surface area contributed by atoms with E-state index < -0.39 is 0 Å². The molecule has 0 bridgehead atoms. The summed E-state index contributed by atoms with van der Waals surface area (Å²) in [5, 5.41) is 1.27. The van der Waals surface area contributed by atoms with E-state index in [9.17, 15) is 9.59 Å². The molecule has 26 heavy (non-hydrogen) atoms. The van der Waals surface area contributed by atoms with Crippen LogP contribution in [0.2, 0.25) is 0 Å². The highest BCUT2D eigenvalue weighted by atomic mass is 32.2. The van der Waals surface area contributed by atoms with Crippen LogP contribution >= 0.6 is 11.8 Å². The number of fused-ring (bicyclic) bond motifs is 1. The first-order valence-corrected chi connectivity index (χ1v) is 10.4. The van der Waals surface area contributed by atoms with Gasteiger partial charge >= 0.3 is 0 Å². The molecule has 6 heteroatoms. The van der Waals surface area contributed by atoms with Crippen LogP contribution in [0.25, 0.3) is 10.9 Å². The maximum atomic E-state index is 12.9. The number of nitrogens with zero attached hydrogens (tertiary/aromatic N) is 3. The molecule has 1 aromatic carbocycles. The highest BCUT2D eigenvalue weighted by Gasteiger charge is 2.23. The molecule has 1 aliphatic heterocycles. The van der Waals surface area contributed by atoms with Gasteiger partial charge in [0.05, 0.1) is 16.7 Å². The summed E-state index contributed by atoms with van der Waals surface area (Å²) in [7, 11) is 0.